The molecule has 3 nitrogen and oxygen atoms in total. The number of carbonyl (C=O) groups is 1. The van der Waals surface area contributed by atoms with Crippen molar-refractivity contribution >= 4 is 23.0 Å². The van der Waals surface area contributed by atoms with Crippen molar-refractivity contribution in [2.45, 2.75) is 26.3 Å². The van der Waals surface area contributed by atoms with Crippen LogP contribution in [0.25, 0.3) is 0 Å². The Morgan fingerprint density at radius 1 is 1.26 bits per heavy atom. The Bertz CT molecular complexity index is 563. The highest BCUT2D eigenvalue weighted by molar-refractivity contribution is 7.12. The largest absolute Gasteiger partial charge is 0.477 e. The van der Waals surface area contributed by atoms with Gasteiger partial charge >= 0.3 is 5.97 Å². The van der Waals surface area contributed by atoms with Crippen molar-refractivity contribution in [2.75, 3.05) is 5.32 Å². The number of para-hydroxylation sites is 1. The third-order valence-corrected chi connectivity index (χ3v) is 3.89. The molecule has 0 radical (unpaired) electrons. The van der Waals surface area contributed by atoms with Gasteiger partial charge in [-0.15, -0.1) is 11.3 Å². The van der Waals surface area contributed by atoms with Crippen molar-refractivity contribution < 1.29 is 9.90 Å². The van der Waals surface area contributed by atoms with E-state index in [0.29, 0.717) is 11.4 Å². The second kappa shape index (κ2) is 6.38. The highest BCUT2D eigenvalue weighted by Gasteiger charge is 2.11. The average Bonchev–Trinajstić information content (AvgIpc) is 2.86. The highest BCUT2D eigenvalue weighted by atomic mass is 32.1. The van der Waals surface area contributed by atoms with Crippen molar-refractivity contribution in [2.24, 2.45) is 0 Å². The Hall–Kier alpha value is -1.81. The van der Waals surface area contributed by atoms with Crippen LogP contribution >= 0.6 is 11.3 Å². The van der Waals surface area contributed by atoms with E-state index < -0.39 is 5.97 Å². The predicted molar refractivity (Wildman–Crippen MR) is 79.0 cm³/mol. The molecule has 0 atom stereocenters. The summed E-state index contributed by atoms with van der Waals surface area (Å²) in [5.41, 5.74) is 3.20. The molecule has 0 saturated heterocycles. The lowest BCUT2D eigenvalue weighted by Gasteiger charge is -2.11. The Kier molecular flexibility index (Phi) is 4.58. The van der Waals surface area contributed by atoms with Crippen LogP contribution in [0.3, 0.4) is 0 Å². The van der Waals surface area contributed by atoms with Gasteiger partial charge in [0, 0.05) is 12.2 Å². The van der Waals surface area contributed by atoms with E-state index in [1.807, 2.05) is 29.6 Å². The summed E-state index contributed by atoms with van der Waals surface area (Å²) >= 11 is 1.27. The van der Waals surface area contributed by atoms with Crippen LogP contribution < -0.4 is 5.32 Å². The van der Waals surface area contributed by atoms with Gasteiger partial charge in [-0.3, -0.25) is 0 Å². The summed E-state index contributed by atoms with van der Waals surface area (Å²) in [5, 5.41) is 14.2. The highest BCUT2D eigenvalue weighted by Crippen LogP contribution is 2.21. The zero-order chi connectivity index (χ0) is 13.7. The summed E-state index contributed by atoms with van der Waals surface area (Å²) in [6.45, 7) is 2.70. The normalized spacial score (nSPS) is 10.4. The maximum absolute atomic E-state index is 11.0. The summed E-state index contributed by atoms with van der Waals surface area (Å²) in [6.07, 6.45) is 2.12. The van der Waals surface area contributed by atoms with E-state index in [1.54, 1.807) is 0 Å². The number of carboxylic acid groups (broad SMARTS) is 1. The van der Waals surface area contributed by atoms with E-state index in [2.05, 4.69) is 18.3 Å². The van der Waals surface area contributed by atoms with Crippen LogP contribution in [-0.2, 0) is 13.0 Å². The van der Waals surface area contributed by atoms with Gasteiger partial charge in [0.15, 0.2) is 0 Å². The molecule has 100 valence electrons. The molecule has 0 aliphatic heterocycles. The standard InChI is InChI=1S/C15H17NO2S/c1-2-5-11-6-3-4-7-13(11)16-10-12-8-9-19-14(12)15(17)18/h3-4,6-9,16H,2,5,10H2,1H3,(H,17,18). The number of anilines is 1. The zero-order valence-electron chi connectivity index (χ0n) is 10.8. The van der Waals surface area contributed by atoms with Gasteiger partial charge in [0.1, 0.15) is 4.88 Å². The molecule has 4 heteroatoms. The van der Waals surface area contributed by atoms with Crippen LogP contribution in [0.1, 0.15) is 34.1 Å². The molecule has 1 aromatic heterocycles. The van der Waals surface area contributed by atoms with Crippen molar-refractivity contribution in [1.82, 2.24) is 0 Å². The third kappa shape index (κ3) is 3.35. The molecule has 2 aromatic rings. The first-order valence-corrected chi connectivity index (χ1v) is 7.21. The quantitative estimate of drug-likeness (QED) is 0.837. The molecule has 0 saturated carbocycles. The number of aryl methyl sites for hydroxylation is 1. The summed E-state index contributed by atoms with van der Waals surface area (Å²) in [7, 11) is 0. The smallest absolute Gasteiger partial charge is 0.346 e. The number of rotatable bonds is 6. The number of thiophene rings is 1. The molecular weight excluding hydrogens is 258 g/mol. The summed E-state index contributed by atoms with van der Waals surface area (Å²) < 4.78 is 0. The summed E-state index contributed by atoms with van der Waals surface area (Å²) in [6, 6.07) is 10.0. The number of aromatic carboxylic acids is 1. The Morgan fingerprint density at radius 2 is 2.05 bits per heavy atom. The number of hydrogen-bond acceptors (Lipinski definition) is 3. The van der Waals surface area contributed by atoms with E-state index in [4.69, 9.17) is 5.11 Å². The maximum atomic E-state index is 11.0. The van der Waals surface area contributed by atoms with Gasteiger partial charge in [0.25, 0.3) is 0 Å². The average molecular weight is 275 g/mol. The first-order valence-electron chi connectivity index (χ1n) is 6.33. The minimum absolute atomic E-state index is 0.417. The fraction of sp³-hybridized carbons (Fsp3) is 0.267. The van der Waals surface area contributed by atoms with Crippen LogP contribution in [0.15, 0.2) is 35.7 Å². The predicted octanol–water partition coefficient (Wildman–Crippen LogP) is 4.01. The molecule has 0 aliphatic rings. The zero-order valence-corrected chi connectivity index (χ0v) is 11.7. The van der Waals surface area contributed by atoms with Crippen LogP contribution in [0, 0.1) is 0 Å². The maximum Gasteiger partial charge on any atom is 0.346 e. The Balaban J connectivity index is 2.10. The van der Waals surface area contributed by atoms with Gasteiger partial charge in [0.2, 0.25) is 0 Å². The van der Waals surface area contributed by atoms with Crippen LogP contribution in [-0.4, -0.2) is 11.1 Å². The molecule has 0 bridgehead atoms. The van der Waals surface area contributed by atoms with E-state index in [-0.39, 0.29) is 0 Å². The molecular formula is C15H17NO2S. The molecule has 0 aliphatic carbocycles. The molecule has 2 rings (SSSR count). The van der Waals surface area contributed by atoms with Gasteiger partial charge < -0.3 is 10.4 Å². The second-order valence-electron chi connectivity index (χ2n) is 4.34. The van der Waals surface area contributed by atoms with E-state index in [0.717, 1.165) is 24.1 Å². The van der Waals surface area contributed by atoms with Gasteiger partial charge in [-0.25, -0.2) is 4.79 Å². The molecule has 0 spiro atoms. The van der Waals surface area contributed by atoms with Crippen molar-refractivity contribution in [3.05, 3.63) is 51.7 Å². The number of hydrogen-bond donors (Lipinski definition) is 2. The lowest BCUT2D eigenvalue weighted by molar-refractivity contribution is 0.0701. The topological polar surface area (TPSA) is 49.3 Å². The number of benzene rings is 1. The van der Waals surface area contributed by atoms with Crippen molar-refractivity contribution in [3.63, 3.8) is 0 Å². The lowest BCUT2D eigenvalue weighted by Crippen LogP contribution is -2.05. The minimum atomic E-state index is -0.853. The van der Waals surface area contributed by atoms with Crippen molar-refractivity contribution in [1.29, 1.82) is 0 Å². The molecule has 0 amide bonds. The van der Waals surface area contributed by atoms with E-state index in [1.165, 1.54) is 16.9 Å². The summed E-state index contributed by atoms with van der Waals surface area (Å²) in [5.74, 6) is -0.853. The molecule has 19 heavy (non-hydrogen) atoms. The third-order valence-electron chi connectivity index (χ3n) is 2.95. The number of carboxylic acids is 1. The van der Waals surface area contributed by atoms with Gasteiger partial charge in [-0.2, -0.15) is 0 Å². The van der Waals surface area contributed by atoms with Gasteiger partial charge in [0.05, 0.1) is 0 Å². The first kappa shape index (κ1) is 13.6. The molecule has 0 fully saturated rings. The molecule has 2 N–H and O–H groups in total. The fourth-order valence-electron chi connectivity index (χ4n) is 2.03. The van der Waals surface area contributed by atoms with Gasteiger partial charge in [-0.1, -0.05) is 31.5 Å². The van der Waals surface area contributed by atoms with Gasteiger partial charge in [-0.05, 0) is 35.1 Å². The van der Waals surface area contributed by atoms with E-state index >= 15 is 0 Å². The number of nitrogens with one attached hydrogen (secondary N) is 1. The Morgan fingerprint density at radius 3 is 2.79 bits per heavy atom. The van der Waals surface area contributed by atoms with Crippen LogP contribution in [0.4, 0.5) is 5.69 Å². The monoisotopic (exact) mass is 275 g/mol. The second-order valence-corrected chi connectivity index (χ2v) is 5.26. The lowest BCUT2D eigenvalue weighted by atomic mass is 10.1. The molecule has 1 heterocycles. The fourth-order valence-corrected chi connectivity index (χ4v) is 2.79. The van der Waals surface area contributed by atoms with Crippen molar-refractivity contribution in [3.8, 4) is 0 Å². The SMILES string of the molecule is CCCc1ccccc1NCc1ccsc1C(=O)O. The molecule has 1 aromatic carbocycles. The van der Waals surface area contributed by atoms with Crippen LogP contribution in [0.5, 0.6) is 0 Å². The minimum Gasteiger partial charge on any atom is -0.477 e. The van der Waals surface area contributed by atoms with E-state index in [9.17, 15) is 4.79 Å². The molecule has 0 unspecified atom stereocenters. The van der Waals surface area contributed by atoms with Crippen LogP contribution in [0.2, 0.25) is 0 Å². The summed E-state index contributed by atoms with van der Waals surface area (Å²) in [4.78, 5) is 11.5. The first-order chi connectivity index (χ1) is 9.22. The Labute approximate surface area is 116 Å².